The molecule has 0 aliphatic carbocycles. The van der Waals surface area contributed by atoms with Gasteiger partial charge in [-0.25, -0.2) is 0 Å². The molecular formula is C22H22O6. The number of hydrogen-bond acceptors (Lipinski definition) is 6. The summed E-state index contributed by atoms with van der Waals surface area (Å²) in [6.45, 7) is 0. The predicted octanol–water partition coefficient (Wildman–Crippen LogP) is 3.67. The molecule has 0 saturated heterocycles. The van der Waals surface area contributed by atoms with E-state index in [9.17, 15) is 14.7 Å². The van der Waals surface area contributed by atoms with E-state index in [1.165, 1.54) is 57.7 Å². The Bertz CT molecular complexity index is 1110. The van der Waals surface area contributed by atoms with Crippen LogP contribution in [0.2, 0.25) is 0 Å². The van der Waals surface area contributed by atoms with E-state index < -0.39 is 42.2 Å². The van der Waals surface area contributed by atoms with Crippen LogP contribution in [0.4, 0.5) is 0 Å². The van der Waals surface area contributed by atoms with Gasteiger partial charge in [-0.15, -0.1) is 0 Å². The minimum atomic E-state index is -0.975. The molecule has 28 heavy (non-hydrogen) atoms. The molecule has 0 amide bonds. The quantitative estimate of drug-likeness (QED) is 0.523. The summed E-state index contributed by atoms with van der Waals surface area (Å²) in [5, 5.41) is 9.63. The van der Waals surface area contributed by atoms with E-state index >= 15 is 0 Å². The fourth-order valence-corrected chi connectivity index (χ4v) is 2.19. The van der Waals surface area contributed by atoms with Crippen LogP contribution in [-0.4, -0.2) is 38.0 Å². The molecule has 0 atom stereocenters. The number of allylic oxidation sites excluding steroid dienone is 2. The molecule has 1 N–H and O–H groups in total. The third kappa shape index (κ3) is 5.74. The smallest absolute Gasteiger partial charge is 0.163 e. The number of methoxy groups -OCH3 is 3. The minimum Gasteiger partial charge on any atom is -0.504 e. The van der Waals surface area contributed by atoms with Gasteiger partial charge in [0.25, 0.3) is 0 Å². The first-order valence-electron chi connectivity index (χ1n) is 10.2. The number of aromatic hydroxyl groups is 1. The van der Waals surface area contributed by atoms with Crippen LogP contribution in [0.15, 0.2) is 48.5 Å². The van der Waals surface area contributed by atoms with E-state index in [1.54, 1.807) is 0 Å². The van der Waals surface area contributed by atoms with Gasteiger partial charge in [-0.1, -0.05) is 24.2 Å². The molecule has 0 bridgehead atoms. The summed E-state index contributed by atoms with van der Waals surface area (Å²) in [7, 11) is 4.17. The van der Waals surface area contributed by atoms with Crippen LogP contribution >= 0.6 is 0 Å². The van der Waals surface area contributed by atoms with Gasteiger partial charge in [0.1, 0.15) is 0 Å². The second kappa shape index (κ2) is 9.97. The number of carbonyl (C=O) groups is 2. The largest absolute Gasteiger partial charge is 0.504 e. The normalized spacial score (nSPS) is 14.4. The van der Waals surface area contributed by atoms with E-state index in [-0.39, 0.29) is 22.6 Å². The second-order valence-electron chi connectivity index (χ2n) is 5.48. The molecule has 6 heteroatoms. The molecular weight excluding hydrogens is 360 g/mol. The first-order valence-corrected chi connectivity index (χ1v) is 8.15. The first-order chi connectivity index (χ1) is 15.1. The molecule has 0 saturated carbocycles. The fraction of sp³-hybridized carbons (Fsp3) is 0.182. The highest BCUT2D eigenvalue weighted by atomic mass is 16.5. The number of ether oxygens (including phenoxy) is 3. The van der Waals surface area contributed by atoms with Crippen LogP contribution in [0, 0.1) is 0 Å². The van der Waals surface area contributed by atoms with Crippen molar-refractivity contribution in [3.8, 4) is 23.0 Å². The van der Waals surface area contributed by atoms with Crippen LogP contribution in [-0.2, 0) is 9.59 Å². The van der Waals surface area contributed by atoms with Crippen molar-refractivity contribution in [2.75, 3.05) is 21.3 Å². The Kier molecular flexibility index (Phi) is 5.52. The Labute approximate surface area is 169 Å². The lowest BCUT2D eigenvalue weighted by atomic mass is 10.1. The highest BCUT2D eigenvalue weighted by Gasteiger charge is 2.06. The van der Waals surface area contributed by atoms with Crippen LogP contribution in [0.1, 0.15) is 23.0 Å². The number of ketones is 2. The highest BCUT2D eigenvalue weighted by Crippen LogP contribution is 2.28. The van der Waals surface area contributed by atoms with Gasteiger partial charge in [0.05, 0.1) is 33.2 Å². The average Bonchev–Trinajstić information content (AvgIpc) is 2.81. The monoisotopic (exact) mass is 386 g/mol. The molecule has 0 spiro atoms. The molecule has 6 nitrogen and oxygen atoms in total. The topological polar surface area (TPSA) is 82.1 Å². The van der Waals surface area contributed by atoms with Gasteiger partial charge in [0.2, 0.25) is 0 Å². The van der Waals surface area contributed by atoms with Crippen LogP contribution in [0.5, 0.6) is 23.0 Å². The molecule has 2 aromatic carbocycles. The van der Waals surface area contributed by atoms with Gasteiger partial charge in [-0.3, -0.25) is 9.59 Å². The Balaban J connectivity index is 2.27. The lowest BCUT2D eigenvalue weighted by Crippen LogP contribution is -2.01. The van der Waals surface area contributed by atoms with Crippen LogP contribution in [0.3, 0.4) is 0 Å². The summed E-state index contributed by atoms with van der Waals surface area (Å²) < 4.78 is 47.3. The molecule has 0 aromatic heterocycles. The van der Waals surface area contributed by atoms with Crippen LogP contribution in [0.25, 0.3) is 12.1 Å². The van der Waals surface area contributed by atoms with Crippen molar-refractivity contribution >= 4 is 23.7 Å². The van der Waals surface area contributed by atoms with E-state index in [2.05, 4.69) is 0 Å². The van der Waals surface area contributed by atoms with Crippen molar-refractivity contribution in [1.29, 1.82) is 0 Å². The van der Waals surface area contributed by atoms with Crippen LogP contribution < -0.4 is 14.2 Å². The molecule has 0 aliphatic heterocycles. The third-order valence-corrected chi connectivity index (χ3v) is 3.58. The Morgan fingerprint density at radius 2 is 1.36 bits per heavy atom. The van der Waals surface area contributed by atoms with Gasteiger partial charge in [-0.05, 0) is 47.5 Å². The van der Waals surface area contributed by atoms with Crippen molar-refractivity contribution in [3.05, 3.63) is 59.6 Å². The van der Waals surface area contributed by atoms with E-state index in [0.717, 1.165) is 0 Å². The number of rotatable bonds is 9. The van der Waals surface area contributed by atoms with Gasteiger partial charge >= 0.3 is 0 Å². The zero-order valence-electron chi connectivity index (χ0n) is 19.7. The van der Waals surface area contributed by atoms with Gasteiger partial charge in [-0.2, -0.15) is 0 Å². The van der Waals surface area contributed by atoms with Crippen molar-refractivity contribution in [2.24, 2.45) is 0 Å². The van der Waals surface area contributed by atoms with Crippen molar-refractivity contribution in [2.45, 2.75) is 6.42 Å². The highest BCUT2D eigenvalue weighted by molar-refractivity contribution is 6.10. The second-order valence-corrected chi connectivity index (χ2v) is 5.48. The van der Waals surface area contributed by atoms with Crippen molar-refractivity contribution in [3.63, 3.8) is 0 Å². The first kappa shape index (κ1) is 15.5. The molecule has 146 valence electrons. The van der Waals surface area contributed by atoms with Gasteiger partial charge < -0.3 is 19.3 Å². The summed E-state index contributed by atoms with van der Waals surface area (Å²) in [4.78, 5) is 24.8. The summed E-state index contributed by atoms with van der Waals surface area (Å²) in [5.74, 6) is -1.32. The maximum absolute atomic E-state index is 12.4. The number of phenolic OH excluding ortho intramolecular Hbond substituents is 1. The van der Waals surface area contributed by atoms with Crippen molar-refractivity contribution < 1.29 is 34.4 Å². The number of benzene rings is 2. The Morgan fingerprint density at radius 1 is 0.857 bits per heavy atom. The molecule has 0 fully saturated rings. The lowest BCUT2D eigenvalue weighted by Gasteiger charge is -2.07. The summed E-state index contributed by atoms with van der Waals surface area (Å²) >= 11 is 0. The van der Waals surface area contributed by atoms with Gasteiger partial charge in [0.15, 0.2) is 34.6 Å². The van der Waals surface area contributed by atoms with E-state index in [1.807, 2.05) is 0 Å². The fourth-order valence-electron chi connectivity index (χ4n) is 2.19. The van der Waals surface area contributed by atoms with E-state index in [4.69, 9.17) is 19.7 Å². The standard InChI is InChI=1S/C22H22O6/c1-26-20-11-7-16(13-22(20)28-3)5-9-18(24)14-17(23)8-4-15-6-10-19(25)21(12-15)27-2/h4-13,25H,14H2,1-3H3/b8-4+,9-5+/i4D,5D,8D,9D. The maximum Gasteiger partial charge on any atom is 0.163 e. The maximum atomic E-state index is 12.4. The average molecular weight is 386 g/mol. The zero-order valence-corrected chi connectivity index (χ0v) is 15.7. The van der Waals surface area contributed by atoms with E-state index in [0.29, 0.717) is 11.5 Å². The molecule has 0 radical (unpaired) electrons. The Morgan fingerprint density at radius 3 is 1.89 bits per heavy atom. The number of carbonyl (C=O) groups excluding carboxylic acids is 2. The molecule has 0 unspecified atom stereocenters. The molecule has 0 heterocycles. The van der Waals surface area contributed by atoms with Gasteiger partial charge in [0, 0.05) is 0 Å². The summed E-state index contributed by atoms with van der Waals surface area (Å²) in [6.07, 6.45) is -0.842. The molecule has 2 aromatic rings. The molecule has 0 aliphatic rings. The summed E-state index contributed by atoms with van der Waals surface area (Å²) in [5.41, 5.74) is 0.353. The lowest BCUT2D eigenvalue weighted by molar-refractivity contribution is -0.121. The number of phenols is 1. The third-order valence-electron chi connectivity index (χ3n) is 3.58. The number of hydrogen-bond donors (Lipinski definition) is 1. The Hall–Kier alpha value is -3.54. The zero-order chi connectivity index (χ0) is 24.0. The molecule has 2 rings (SSSR count). The van der Waals surface area contributed by atoms with Crippen molar-refractivity contribution in [1.82, 2.24) is 0 Å². The SMILES string of the molecule is [2H]/C(C(=O)CC(=O)/C([2H])=C(\[2H])c1ccc(OC)c(OC)c1)=C(/[2H])c1ccc(O)c(OC)c1. The predicted molar refractivity (Wildman–Crippen MR) is 107 cm³/mol. The minimum absolute atomic E-state index is 0.0636. The summed E-state index contributed by atoms with van der Waals surface area (Å²) in [6, 6.07) is 5.96.